The van der Waals surface area contributed by atoms with Crippen LogP contribution >= 0.6 is 0 Å². The minimum Gasteiger partial charge on any atom is -0.334 e. The van der Waals surface area contributed by atoms with Gasteiger partial charge in [-0.3, -0.25) is 4.79 Å². The lowest BCUT2D eigenvalue weighted by atomic mass is 10.1. The number of anilines is 1. The fourth-order valence-electron chi connectivity index (χ4n) is 2.32. The molecule has 0 saturated carbocycles. The Morgan fingerprint density at radius 3 is 2.61 bits per heavy atom. The van der Waals surface area contributed by atoms with Crippen LogP contribution in [0.4, 0.5) is 18.9 Å². The molecule has 0 spiro atoms. The van der Waals surface area contributed by atoms with Gasteiger partial charge in [-0.15, -0.1) is 0 Å². The first kappa shape index (κ1) is 15.1. The maximum atomic E-state index is 13.8. The molecule has 0 aliphatic carbocycles. The number of rotatable bonds is 2. The Kier molecular flexibility index (Phi) is 3.55. The number of hydrogen-bond donors (Lipinski definition) is 0. The van der Waals surface area contributed by atoms with Crippen molar-refractivity contribution >= 4 is 22.6 Å². The third kappa shape index (κ3) is 2.44. The minimum absolute atomic E-state index is 0.463. The van der Waals surface area contributed by atoms with E-state index in [1.165, 1.54) is 7.05 Å². The number of aromatic nitrogens is 2. The van der Waals surface area contributed by atoms with Gasteiger partial charge in [0.2, 0.25) is 0 Å². The number of halogens is 3. The first-order valence-electron chi connectivity index (χ1n) is 6.73. The Balaban J connectivity index is 1.99. The zero-order valence-corrected chi connectivity index (χ0v) is 12.3. The number of hydrogen-bond acceptors (Lipinski definition) is 2. The molecule has 0 radical (unpaired) electrons. The summed E-state index contributed by atoms with van der Waals surface area (Å²) in [7, 11) is 3.26. The van der Waals surface area contributed by atoms with Crippen LogP contribution in [0.3, 0.4) is 0 Å². The van der Waals surface area contributed by atoms with Crippen LogP contribution in [-0.4, -0.2) is 22.5 Å². The molecule has 0 N–H and O–H groups in total. The lowest BCUT2D eigenvalue weighted by Gasteiger charge is -2.18. The molecule has 0 fully saturated rings. The maximum Gasteiger partial charge on any atom is 0.261 e. The van der Waals surface area contributed by atoms with Gasteiger partial charge < -0.3 is 9.47 Å². The van der Waals surface area contributed by atoms with Crippen LogP contribution in [0.2, 0.25) is 0 Å². The number of nitrogens with zero attached hydrogens (tertiary/aromatic N) is 3. The Hall–Kier alpha value is -2.83. The van der Waals surface area contributed by atoms with Crippen molar-refractivity contribution < 1.29 is 18.0 Å². The average Bonchev–Trinajstić information content (AvgIpc) is 2.92. The molecular weight excluding hydrogens is 307 g/mol. The number of amides is 1. The first-order chi connectivity index (χ1) is 10.9. The van der Waals surface area contributed by atoms with Crippen LogP contribution in [0, 0.1) is 17.5 Å². The lowest BCUT2D eigenvalue weighted by Crippen LogP contribution is -2.27. The van der Waals surface area contributed by atoms with Crippen molar-refractivity contribution in [3.63, 3.8) is 0 Å². The highest BCUT2D eigenvalue weighted by molar-refractivity contribution is 6.06. The van der Waals surface area contributed by atoms with Gasteiger partial charge in [0, 0.05) is 19.8 Å². The molecule has 3 rings (SSSR count). The van der Waals surface area contributed by atoms with E-state index in [9.17, 15) is 18.0 Å². The molecule has 1 heterocycles. The predicted molar refractivity (Wildman–Crippen MR) is 79.8 cm³/mol. The topological polar surface area (TPSA) is 38.1 Å². The van der Waals surface area contributed by atoms with Crippen molar-refractivity contribution in [1.29, 1.82) is 0 Å². The molecule has 2 aromatic carbocycles. The summed E-state index contributed by atoms with van der Waals surface area (Å²) < 4.78 is 41.9. The first-order valence-corrected chi connectivity index (χ1v) is 6.73. The molecule has 23 heavy (non-hydrogen) atoms. The third-order valence-electron chi connectivity index (χ3n) is 3.67. The lowest BCUT2D eigenvalue weighted by molar-refractivity contribution is 0.0988. The largest absolute Gasteiger partial charge is 0.334 e. The number of imidazole rings is 1. The number of carbonyl (C=O) groups is 1. The van der Waals surface area contributed by atoms with Crippen molar-refractivity contribution in [2.75, 3.05) is 11.9 Å². The number of aryl methyl sites for hydroxylation is 1. The summed E-state index contributed by atoms with van der Waals surface area (Å²) in [5.74, 6) is -5.28. The molecule has 0 aliphatic rings. The van der Waals surface area contributed by atoms with Crippen LogP contribution in [0.1, 0.15) is 10.4 Å². The summed E-state index contributed by atoms with van der Waals surface area (Å²) >= 11 is 0. The molecule has 7 heteroatoms. The van der Waals surface area contributed by atoms with Gasteiger partial charge in [-0.1, -0.05) is 0 Å². The third-order valence-corrected chi connectivity index (χ3v) is 3.67. The van der Waals surface area contributed by atoms with Crippen LogP contribution in [0.5, 0.6) is 0 Å². The second-order valence-corrected chi connectivity index (χ2v) is 5.12. The van der Waals surface area contributed by atoms with Crippen LogP contribution in [0.25, 0.3) is 11.0 Å². The van der Waals surface area contributed by atoms with E-state index < -0.39 is 28.9 Å². The Bertz CT molecular complexity index is 920. The molecule has 0 unspecified atom stereocenters. The SMILES string of the molecule is CN(C(=O)c1ccc(F)c(F)c1F)c1ccc2c(c1)ncn2C. The monoisotopic (exact) mass is 319 g/mol. The van der Waals surface area contributed by atoms with Crippen LogP contribution in [-0.2, 0) is 7.05 Å². The van der Waals surface area contributed by atoms with Gasteiger partial charge in [0.25, 0.3) is 5.91 Å². The number of carbonyl (C=O) groups excluding carboxylic acids is 1. The second kappa shape index (κ2) is 5.42. The Morgan fingerprint density at radius 2 is 1.87 bits per heavy atom. The molecule has 118 valence electrons. The Labute approximate surface area is 129 Å². The average molecular weight is 319 g/mol. The standard InChI is InChI=1S/C16H12F3N3O/c1-21-8-20-12-7-9(3-6-13(12)21)22(2)16(23)10-4-5-11(17)15(19)14(10)18/h3-8H,1-2H3. The molecule has 4 nitrogen and oxygen atoms in total. The van der Waals surface area contributed by atoms with Gasteiger partial charge in [-0.05, 0) is 30.3 Å². The van der Waals surface area contributed by atoms with Crippen molar-refractivity contribution in [3.8, 4) is 0 Å². The minimum atomic E-state index is -1.66. The van der Waals surface area contributed by atoms with E-state index in [4.69, 9.17) is 0 Å². The maximum absolute atomic E-state index is 13.8. The fourth-order valence-corrected chi connectivity index (χ4v) is 2.32. The fraction of sp³-hybridized carbons (Fsp3) is 0.125. The summed E-state index contributed by atoms with van der Waals surface area (Å²) in [6.07, 6.45) is 1.63. The van der Waals surface area contributed by atoms with E-state index in [1.54, 1.807) is 24.5 Å². The quantitative estimate of drug-likeness (QED) is 0.680. The smallest absolute Gasteiger partial charge is 0.261 e. The van der Waals surface area contributed by atoms with E-state index >= 15 is 0 Å². The number of benzene rings is 2. The van der Waals surface area contributed by atoms with E-state index in [2.05, 4.69) is 4.98 Å². The summed E-state index contributed by atoms with van der Waals surface area (Å²) in [6.45, 7) is 0. The molecular formula is C16H12F3N3O. The molecule has 0 atom stereocenters. The van der Waals surface area contributed by atoms with Crippen LogP contribution in [0.15, 0.2) is 36.7 Å². The normalized spacial score (nSPS) is 11.0. The summed E-state index contributed by atoms with van der Waals surface area (Å²) in [5.41, 5.74) is 1.46. The van der Waals surface area contributed by atoms with E-state index in [0.29, 0.717) is 11.2 Å². The van der Waals surface area contributed by atoms with E-state index in [-0.39, 0.29) is 0 Å². The zero-order valence-electron chi connectivity index (χ0n) is 12.3. The van der Waals surface area contributed by atoms with Gasteiger partial charge in [0.15, 0.2) is 17.5 Å². The predicted octanol–water partition coefficient (Wildman–Crippen LogP) is 3.27. The van der Waals surface area contributed by atoms with Gasteiger partial charge in [-0.2, -0.15) is 0 Å². The van der Waals surface area contributed by atoms with Crippen molar-refractivity contribution in [2.45, 2.75) is 0 Å². The molecule has 0 saturated heterocycles. The van der Waals surface area contributed by atoms with Gasteiger partial charge in [0.05, 0.1) is 22.9 Å². The summed E-state index contributed by atoms with van der Waals surface area (Å²) in [4.78, 5) is 17.7. The Morgan fingerprint density at radius 1 is 1.13 bits per heavy atom. The zero-order chi connectivity index (χ0) is 16.7. The van der Waals surface area contributed by atoms with Crippen molar-refractivity contribution in [2.24, 2.45) is 7.05 Å². The number of fused-ring (bicyclic) bond motifs is 1. The second-order valence-electron chi connectivity index (χ2n) is 5.12. The summed E-state index contributed by atoms with van der Waals surface area (Å²) in [5, 5.41) is 0. The van der Waals surface area contributed by atoms with Gasteiger partial charge >= 0.3 is 0 Å². The summed E-state index contributed by atoms with van der Waals surface area (Å²) in [6, 6.07) is 6.74. The molecule has 1 aromatic heterocycles. The molecule has 0 bridgehead atoms. The highest BCUT2D eigenvalue weighted by Crippen LogP contribution is 2.23. The van der Waals surface area contributed by atoms with Crippen LogP contribution < -0.4 is 4.90 Å². The van der Waals surface area contributed by atoms with Crippen molar-refractivity contribution in [1.82, 2.24) is 9.55 Å². The highest BCUT2D eigenvalue weighted by atomic mass is 19.2. The molecule has 1 amide bonds. The molecule has 0 aliphatic heterocycles. The highest BCUT2D eigenvalue weighted by Gasteiger charge is 2.22. The van der Waals surface area contributed by atoms with E-state index in [0.717, 1.165) is 22.5 Å². The van der Waals surface area contributed by atoms with Gasteiger partial charge in [-0.25, -0.2) is 18.2 Å². The van der Waals surface area contributed by atoms with Crippen molar-refractivity contribution in [3.05, 3.63) is 59.7 Å². The van der Waals surface area contributed by atoms with Gasteiger partial charge in [0.1, 0.15) is 0 Å². The van der Waals surface area contributed by atoms with E-state index in [1.807, 2.05) is 11.6 Å². The molecule has 3 aromatic rings.